The van der Waals surface area contributed by atoms with Gasteiger partial charge in [0.25, 0.3) is 5.69 Å². The second-order valence-corrected chi connectivity index (χ2v) is 3.78. The standard InChI is InChI=1S/C14H9N3O2/c1-3-13-14(4-2)16(10-15-13)9-11-5-7-12(8-6-11)17(18)19/h1-2,5-8,10H,9H2. The van der Waals surface area contributed by atoms with Gasteiger partial charge in [0.15, 0.2) is 0 Å². The van der Waals surface area contributed by atoms with Gasteiger partial charge in [-0.2, -0.15) is 0 Å². The zero-order chi connectivity index (χ0) is 13.8. The quantitative estimate of drug-likeness (QED) is 0.474. The number of hydrogen-bond acceptors (Lipinski definition) is 3. The van der Waals surface area contributed by atoms with Crippen LogP contribution in [-0.4, -0.2) is 14.5 Å². The maximum Gasteiger partial charge on any atom is 0.269 e. The van der Waals surface area contributed by atoms with E-state index < -0.39 is 4.92 Å². The molecule has 0 N–H and O–H groups in total. The molecule has 92 valence electrons. The van der Waals surface area contributed by atoms with Gasteiger partial charge in [-0.05, 0) is 17.4 Å². The smallest absolute Gasteiger partial charge is 0.269 e. The summed E-state index contributed by atoms with van der Waals surface area (Å²) in [6, 6.07) is 6.25. The summed E-state index contributed by atoms with van der Waals surface area (Å²) in [6.45, 7) is 0.464. The fraction of sp³-hybridized carbons (Fsp3) is 0.0714. The number of rotatable bonds is 3. The molecule has 1 aromatic heterocycles. The number of aromatic nitrogens is 2. The first-order valence-corrected chi connectivity index (χ1v) is 5.37. The average molecular weight is 251 g/mol. The van der Waals surface area contributed by atoms with E-state index >= 15 is 0 Å². The summed E-state index contributed by atoms with van der Waals surface area (Å²) in [7, 11) is 0. The lowest BCUT2D eigenvalue weighted by Crippen LogP contribution is -2.01. The van der Waals surface area contributed by atoms with Crippen LogP contribution in [0.2, 0.25) is 0 Å². The highest BCUT2D eigenvalue weighted by Crippen LogP contribution is 2.14. The first kappa shape index (κ1) is 12.4. The topological polar surface area (TPSA) is 61.0 Å². The van der Waals surface area contributed by atoms with E-state index in [0.717, 1.165) is 5.56 Å². The minimum Gasteiger partial charge on any atom is -0.319 e. The molecule has 0 fully saturated rings. The largest absolute Gasteiger partial charge is 0.319 e. The van der Waals surface area contributed by atoms with Gasteiger partial charge in [0.05, 0.1) is 11.3 Å². The molecule has 0 spiro atoms. The molecule has 0 saturated carbocycles. The molecule has 0 aliphatic heterocycles. The van der Waals surface area contributed by atoms with E-state index in [-0.39, 0.29) is 5.69 Å². The first-order valence-electron chi connectivity index (χ1n) is 5.37. The van der Waals surface area contributed by atoms with Crippen molar-refractivity contribution >= 4 is 5.69 Å². The molecule has 0 aliphatic carbocycles. The van der Waals surface area contributed by atoms with Crippen LogP contribution in [0.4, 0.5) is 5.69 Å². The van der Waals surface area contributed by atoms with Crippen molar-refractivity contribution in [3.8, 4) is 24.7 Å². The lowest BCUT2D eigenvalue weighted by molar-refractivity contribution is -0.384. The van der Waals surface area contributed by atoms with Gasteiger partial charge in [0, 0.05) is 18.7 Å². The van der Waals surface area contributed by atoms with Crippen molar-refractivity contribution in [2.75, 3.05) is 0 Å². The summed E-state index contributed by atoms with van der Waals surface area (Å²) in [6.07, 6.45) is 12.2. The third kappa shape index (κ3) is 2.46. The van der Waals surface area contributed by atoms with Gasteiger partial charge in [-0.1, -0.05) is 12.1 Å². The zero-order valence-corrected chi connectivity index (χ0v) is 9.91. The number of hydrogen-bond donors (Lipinski definition) is 0. The second-order valence-electron chi connectivity index (χ2n) is 3.78. The van der Waals surface area contributed by atoms with Crippen molar-refractivity contribution in [1.29, 1.82) is 0 Å². The van der Waals surface area contributed by atoms with Crippen molar-refractivity contribution < 1.29 is 4.92 Å². The van der Waals surface area contributed by atoms with Gasteiger partial charge in [-0.25, -0.2) is 4.98 Å². The van der Waals surface area contributed by atoms with Crippen LogP contribution in [0.5, 0.6) is 0 Å². The molecule has 0 radical (unpaired) electrons. The van der Waals surface area contributed by atoms with E-state index in [4.69, 9.17) is 12.8 Å². The molecular formula is C14H9N3O2. The number of nitrogens with zero attached hydrogens (tertiary/aromatic N) is 3. The van der Waals surface area contributed by atoms with Crippen molar-refractivity contribution in [2.24, 2.45) is 0 Å². The van der Waals surface area contributed by atoms with E-state index in [1.807, 2.05) is 0 Å². The van der Waals surface area contributed by atoms with E-state index in [2.05, 4.69) is 16.8 Å². The predicted molar refractivity (Wildman–Crippen MR) is 70.3 cm³/mol. The molecule has 2 rings (SSSR count). The van der Waals surface area contributed by atoms with Gasteiger partial charge < -0.3 is 4.57 Å². The molecule has 0 amide bonds. The lowest BCUT2D eigenvalue weighted by atomic mass is 10.2. The van der Waals surface area contributed by atoms with Crippen LogP contribution in [0.15, 0.2) is 30.6 Å². The minimum atomic E-state index is -0.440. The Morgan fingerprint density at radius 3 is 2.47 bits per heavy atom. The van der Waals surface area contributed by atoms with Crippen LogP contribution in [0.1, 0.15) is 17.0 Å². The fourth-order valence-electron chi connectivity index (χ4n) is 1.68. The average Bonchev–Trinajstić information content (AvgIpc) is 2.81. The molecular weight excluding hydrogens is 242 g/mol. The van der Waals surface area contributed by atoms with Gasteiger partial charge >= 0.3 is 0 Å². The molecule has 5 heteroatoms. The molecule has 19 heavy (non-hydrogen) atoms. The third-order valence-corrected chi connectivity index (χ3v) is 2.61. The minimum absolute atomic E-state index is 0.0517. The number of nitro groups is 1. The number of non-ortho nitro benzene ring substituents is 1. The molecule has 5 nitrogen and oxygen atoms in total. The van der Waals surface area contributed by atoms with Gasteiger partial charge in [0.2, 0.25) is 0 Å². The number of benzene rings is 1. The van der Waals surface area contributed by atoms with E-state index in [0.29, 0.717) is 17.9 Å². The molecule has 0 saturated heterocycles. The maximum absolute atomic E-state index is 10.6. The Kier molecular flexibility index (Phi) is 3.31. The van der Waals surface area contributed by atoms with Crippen molar-refractivity contribution in [2.45, 2.75) is 6.54 Å². The SMILES string of the molecule is C#Cc1ncn(Cc2ccc([N+](=O)[O-])cc2)c1C#C. The highest BCUT2D eigenvalue weighted by molar-refractivity contribution is 5.41. The summed E-state index contributed by atoms with van der Waals surface area (Å²) in [5, 5.41) is 10.6. The van der Waals surface area contributed by atoms with Crippen LogP contribution in [-0.2, 0) is 6.54 Å². The van der Waals surface area contributed by atoms with E-state index in [1.54, 1.807) is 23.0 Å². The monoisotopic (exact) mass is 251 g/mol. The summed E-state index contributed by atoms with van der Waals surface area (Å²) in [4.78, 5) is 14.1. The Morgan fingerprint density at radius 1 is 1.26 bits per heavy atom. The number of terminal acetylenes is 2. The molecule has 0 atom stereocenters. The van der Waals surface area contributed by atoms with Crippen LogP contribution in [0.25, 0.3) is 0 Å². The molecule has 1 heterocycles. The van der Waals surface area contributed by atoms with Crippen molar-refractivity contribution in [3.05, 3.63) is 57.7 Å². The molecule has 0 aliphatic rings. The zero-order valence-electron chi connectivity index (χ0n) is 9.91. The molecule has 0 bridgehead atoms. The second kappa shape index (κ2) is 5.07. The maximum atomic E-state index is 10.6. The summed E-state index contributed by atoms with van der Waals surface area (Å²) >= 11 is 0. The van der Waals surface area contributed by atoms with Crippen LogP contribution in [0, 0.1) is 34.8 Å². The normalized spacial score (nSPS) is 9.58. The Hall–Kier alpha value is -3.05. The summed E-state index contributed by atoms with van der Waals surface area (Å²) in [5.74, 6) is 4.91. The van der Waals surface area contributed by atoms with E-state index in [9.17, 15) is 10.1 Å². The van der Waals surface area contributed by atoms with Crippen molar-refractivity contribution in [1.82, 2.24) is 9.55 Å². The summed E-state index contributed by atoms with van der Waals surface area (Å²) in [5.41, 5.74) is 1.88. The third-order valence-electron chi connectivity index (χ3n) is 2.61. The molecule has 1 aromatic carbocycles. The van der Waals surface area contributed by atoms with Crippen molar-refractivity contribution in [3.63, 3.8) is 0 Å². The summed E-state index contributed by atoms with van der Waals surface area (Å²) < 4.78 is 1.73. The van der Waals surface area contributed by atoms with Crippen LogP contribution < -0.4 is 0 Å². The van der Waals surface area contributed by atoms with Gasteiger partial charge in [-0.15, -0.1) is 12.8 Å². The fourth-order valence-corrected chi connectivity index (χ4v) is 1.68. The highest BCUT2D eigenvalue weighted by Gasteiger charge is 2.08. The highest BCUT2D eigenvalue weighted by atomic mass is 16.6. The molecule has 2 aromatic rings. The van der Waals surface area contributed by atoms with Crippen LogP contribution >= 0.6 is 0 Å². The lowest BCUT2D eigenvalue weighted by Gasteiger charge is -2.04. The van der Waals surface area contributed by atoms with Gasteiger partial charge in [0.1, 0.15) is 11.4 Å². The van der Waals surface area contributed by atoms with Gasteiger partial charge in [-0.3, -0.25) is 10.1 Å². The molecule has 0 unspecified atom stereocenters. The Morgan fingerprint density at radius 2 is 1.95 bits per heavy atom. The van der Waals surface area contributed by atoms with Crippen LogP contribution in [0.3, 0.4) is 0 Å². The number of nitro benzene ring substituents is 1. The Balaban J connectivity index is 2.27. The first-order chi connectivity index (χ1) is 9.15. The van der Waals surface area contributed by atoms with E-state index in [1.165, 1.54) is 12.1 Å². The predicted octanol–water partition coefficient (Wildman–Crippen LogP) is 1.80. The number of imidazole rings is 1. The Bertz CT molecular complexity index is 700. The Labute approximate surface area is 110 Å².